The third-order valence-corrected chi connectivity index (χ3v) is 3.28. The number of piperazine rings is 1. The second-order valence-corrected chi connectivity index (χ2v) is 5.19. The molecule has 1 aromatic heterocycles. The molecule has 0 radical (unpaired) electrons. The van der Waals surface area contributed by atoms with E-state index in [2.05, 4.69) is 33.4 Å². The number of aromatic nitrogens is 1. The lowest BCUT2D eigenvalue weighted by Gasteiger charge is -2.30. The lowest BCUT2D eigenvalue weighted by molar-refractivity contribution is -0.884. The molecule has 1 aromatic rings. The van der Waals surface area contributed by atoms with Gasteiger partial charge in [0.2, 0.25) is 0 Å². The van der Waals surface area contributed by atoms with Gasteiger partial charge in [-0.2, -0.15) is 0 Å². The van der Waals surface area contributed by atoms with E-state index in [1.54, 1.807) is 18.5 Å². The normalized spacial score (nSPS) is 18.0. The van der Waals surface area contributed by atoms with Crippen molar-refractivity contribution in [2.75, 3.05) is 33.2 Å². The van der Waals surface area contributed by atoms with Crippen LogP contribution in [0.25, 0.3) is 0 Å². The van der Waals surface area contributed by atoms with Crippen LogP contribution in [0.4, 0.5) is 0 Å². The molecule has 1 saturated heterocycles. The number of likely N-dealkylation sites (N-methyl/N-ethyl adjacent to an activating group) is 1. The van der Waals surface area contributed by atoms with Gasteiger partial charge < -0.3 is 4.90 Å². The molecular weight excluding hydrogens is 284 g/mol. The topological polar surface area (TPSA) is 49.7 Å². The Labute approximate surface area is 109 Å². The van der Waals surface area contributed by atoms with E-state index in [0.29, 0.717) is 5.56 Å². The standard InChI is InChI=1S/C11H15BrN4O/c1-15-2-4-16(5-3-15)14-11(17)9-6-10(12)8-13-7-9/h6-8H,2-5H2,1H3,(H,14,17)/p+1. The number of nitrogens with one attached hydrogen (secondary N) is 2. The van der Waals surface area contributed by atoms with Crippen molar-refractivity contribution in [1.29, 1.82) is 0 Å². The van der Waals surface area contributed by atoms with E-state index < -0.39 is 0 Å². The van der Waals surface area contributed by atoms with Crippen LogP contribution < -0.4 is 10.3 Å². The quantitative estimate of drug-likeness (QED) is 0.761. The summed E-state index contributed by atoms with van der Waals surface area (Å²) in [6.07, 6.45) is 3.23. The number of hydrogen-bond donors (Lipinski definition) is 2. The van der Waals surface area contributed by atoms with Crippen LogP contribution in [0.15, 0.2) is 22.9 Å². The minimum Gasteiger partial charge on any atom is -0.335 e. The van der Waals surface area contributed by atoms with Crippen molar-refractivity contribution in [1.82, 2.24) is 15.4 Å². The molecule has 6 heteroatoms. The van der Waals surface area contributed by atoms with Gasteiger partial charge in [-0.3, -0.25) is 15.2 Å². The molecule has 2 heterocycles. The maximum absolute atomic E-state index is 11.9. The molecule has 0 bridgehead atoms. The number of pyridine rings is 1. The molecule has 0 aliphatic carbocycles. The molecule has 0 saturated carbocycles. The van der Waals surface area contributed by atoms with E-state index >= 15 is 0 Å². The second-order valence-electron chi connectivity index (χ2n) is 4.28. The van der Waals surface area contributed by atoms with E-state index in [0.717, 1.165) is 30.7 Å². The molecule has 5 nitrogen and oxygen atoms in total. The Morgan fingerprint density at radius 3 is 2.82 bits per heavy atom. The van der Waals surface area contributed by atoms with E-state index in [1.165, 1.54) is 4.90 Å². The highest BCUT2D eigenvalue weighted by atomic mass is 79.9. The summed E-state index contributed by atoms with van der Waals surface area (Å²) in [5.74, 6) is -0.0987. The van der Waals surface area contributed by atoms with Crippen LogP contribution in [-0.4, -0.2) is 49.1 Å². The third-order valence-electron chi connectivity index (χ3n) is 2.84. The molecule has 1 aliphatic rings. The number of carbonyl (C=O) groups excluding carboxylic acids is 1. The maximum atomic E-state index is 11.9. The molecule has 0 unspecified atom stereocenters. The predicted octanol–water partition coefficient (Wildman–Crippen LogP) is -0.681. The van der Waals surface area contributed by atoms with Crippen molar-refractivity contribution in [2.45, 2.75) is 0 Å². The first-order valence-corrected chi connectivity index (χ1v) is 6.42. The highest BCUT2D eigenvalue weighted by Crippen LogP contribution is 2.09. The average Bonchev–Trinajstić information content (AvgIpc) is 2.32. The van der Waals surface area contributed by atoms with Crippen molar-refractivity contribution in [2.24, 2.45) is 0 Å². The maximum Gasteiger partial charge on any atom is 0.267 e. The summed E-state index contributed by atoms with van der Waals surface area (Å²) in [6.45, 7) is 3.88. The van der Waals surface area contributed by atoms with Crippen LogP contribution in [0.5, 0.6) is 0 Å². The number of amides is 1. The molecule has 2 rings (SSSR count). The zero-order valence-corrected chi connectivity index (χ0v) is 11.3. The molecule has 1 amide bonds. The van der Waals surface area contributed by atoms with Gasteiger partial charge in [0.1, 0.15) is 0 Å². The number of nitrogens with zero attached hydrogens (tertiary/aromatic N) is 2. The average molecular weight is 300 g/mol. The van der Waals surface area contributed by atoms with E-state index in [-0.39, 0.29) is 5.91 Å². The monoisotopic (exact) mass is 299 g/mol. The molecule has 0 atom stereocenters. The van der Waals surface area contributed by atoms with Gasteiger partial charge in [-0.05, 0) is 22.0 Å². The smallest absolute Gasteiger partial charge is 0.267 e. The Kier molecular flexibility index (Phi) is 4.09. The van der Waals surface area contributed by atoms with Crippen molar-refractivity contribution in [3.63, 3.8) is 0 Å². The zero-order valence-electron chi connectivity index (χ0n) is 9.74. The Morgan fingerprint density at radius 1 is 1.47 bits per heavy atom. The summed E-state index contributed by atoms with van der Waals surface area (Å²) < 4.78 is 0.813. The Hall–Kier alpha value is -0.980. The molecule has 17 heavy (non-hydrogen) atoms. The summed E-state index contributed by atoms with van der Waals surface area (Å²) in [5, 5.41) is 1.97. The first-order chi connectivity index (χ1) is 8.15. The Bertz CT molecular complexity index is 404. The van der Waals surface area contributed by atoms with Crippen LogP contribution >= 0.6 is 15.9 Å². The van der Waals surface area contributed by atoms with Crippen molar-refractivity contribution < 1.29 is 9.69 Å². The number of hydrogen-bond acceptors (Lipinski definition) is 3. The fourth-order valence-corrected chi connectivity index (χ4v) is 2.11. The molecule has 0 spiro atoms. The largest absolute Gasteiger partial charge is 0.335 e. The van der Waals surface area contributed by atoms with Crippen molar-refractivity contribution in [3.05, 3.63) is 28.5 Å². The zero-order chi connectivity index (χ0) is 12.3. The minimum absolute atomic E-state index is 0.0987. The van der Waals surface area contributed by atoms with E-state index in [1.807, 2.05) is 5.01 Å². The van der Waals surface area contributed by atoms with Crippen LogP contribution in [0.1, 0.15) is 10.4 Å². The molecule has 0 aromatic carbocycles. The summed E-state index contributed by atoms with van der Waals surface area (Å²) in [7, 11) is 2.16. The van der Waals surface area contributed by atoms with Crippen LogP contribution in [0.2, 0.25) is 0 Å². The number of hydrazine groups is 1. The number of quaternary nitrogens is 1. The Morgan fingerprint density at radius 2 is 2.18 bits per heavy atom. The minimum atomic E-state index is -0.0987. The van der Waals surface area contributed by atoms with Crippen LogP contribution in [-0.2, 0) is 0 Å². The van der Waals surface area contributed by atoms with Gasteiger partial charge in [-0.25, -0.2) is 5.01 Å². The van der Waals surface area contributed by atoms with Gasteiger partial charge >= 0.3 is 0 Å². The molecule has 92 valence electrons. The molecule has 1 fully saturated rings. The molecule has 2 N–H and O–H groups in total. The molecule has 1 aliphatic heterocycles. The summed E-state index contributed by atoms with van der Waals surface area (Å²) >= 11 is 3.30. The SMILES string of the molecule is C[NH+]1CCN(NC(=O)c2cncc(Br)c2)CC1. The summed E-state index contributed by atoms with van der Waals surface area (Å²) in [5.41, 5.74) is 3.48. The highest BCUT2D eigenvalue weighted by molar-refractivity contribution is 9.10. The van der Waals surface area contributed by atoms with Gasteiger partial charge in [-0.1, -0.05) is 0 Å². The van der Waals surface area contributed by atoms with Gasteiger partial charge in [0.05, 0.1) is 38.8 Å². The van der Waals surface area contributed by atoms with Gasteiger partial charge in [0.15, 0.2) is 0 Å². The lowest BCUT2D eigenvalue weighted by Crippen LogP contribution is -3.12. The van der Waals surface area contributed by atoms with Crippen LogP contribution in [0.3, 0.4) is 0 Å². The first kappa shape index (κ1) is 12.5. The second kappa shape index (κ2) is 5.57. The number of halogens is 1. The van der Waals surface area contributed by atoms with Gasteiger partial charge in [0, 0.05) is 16.9 Å². The third kappa shape index (κ3) is 3.49. The Balaban J connectivity index is 1.93. The van der Waals surface area contributed by atoms with Crippen molar-refractivity contribution >= 4 is 21.8 Å². The first-order valence-electron chi connectivity index (χ1n) is 5.63. The highest BCUT2D eigenvalue weighted by Gasteiger charge is 2.18. The number of rotatable bonds is 2. The summed E-state index contributed by atoms with van der Waals surface area (Å²) in [6, 6.07) is 1.77. The van der Waals surface area contributed by atoms with E-state index in [4.69, 9.17) is 0 Å². The fraction of sp³-hybridized carbons (Fsp3) is 0.455. The van der Waals surface area contributed by atoms with Gasteiger partial charge in [-0.15, -0.1) is 0 Å². The fourth-order valence-electron chi connectivity index (χ4n) is 1.74. The van der Waals surface area contributed by atoms with Crippen molar-refractivity contribution in [3.8, 4) is 0 Å². The summed E-state index contributed by atoms with van der Waals surface area (Å²) in [4.78, 5) is 17.4. The van der Waals surface area contributed by atoms with Crippen LogP contribution in [0, 0.1) is 0 Å². The predicted molar refractivity (Wildman–Crippen MR) is 67.6 cm³/mol. The lowest BCUT2D eigenvalue weighted by atomic mass is 10.3. The number of carbonyl (C=O) groups is 1. The molecular formula is C11H16BrN4O+. The van der Waals surface area contributed by atoms with E-state index in [9.17, 15) is 4.79 Å². The van der Waals surface area contributed by atoms with Gasteiger partial charge in [0.25, 0.3) is 5.91 Å².